The van der Waals surface area contributed by atoms with Gasteiger partial charge in [-0.25, -0.2) is 13.1 Å². The van der Waals surface area contributed by atoms with Gasteiger partial charge in [0, 0.05) is 30.6 Å². The average molecular weight is 609 g/mol. The molecule has 2 aromatic carbocycles. The van der Waals surface area contributed by atoms with Gasteiger partial charge in [-0.05, 0) is 86.1 Å². The molecule has 0 aromatic heterocycles. The highest BCUT2D eigenvalue weighted by molar-refractivity contribution is 7.90. The topological polar surface area (TPSA) is 105 Å². The molecule has 2 aliphatic carbocycles. The second kappa shape index (κ2) is 11.9. The van der Waals surface area contributed by atoms with E-state index in [1.54, 1.807) is 18.2 Å². The van der Waals surface area contributed by atoms with Crippen molar-refractivity contribution < 1.29 is 27.8 Å². The average Bonchev–Trinajstić information content (AvgIpc) is 3.12. The predicted octanol–water partition coefficient (Wildman–Crippen LogP) is 4.95. The Balaban J connectivity index is 1.44. The summed E-state index contributed by atoms with van der Waals surface area (Å²) in [5, 5.41) is 11.2. The van der Waals surface area contributed by atoms with Crippen molar-refractivity contribution in [3.05, 3.63) is 71.3 Å². The number of amides is 1. The van der Waals surface area contributed by atoms with Crippen LogP contribution in [0.1, 0.15) is 73.9 Å². The molecule has 8 nitrogen and oxygen atoms in total. The zero-order valence-corrected chi connectivity index (χ0v) is 26.2. The Morgan fingerprint density at radius 2 is 1.91 bits per heavy atom. The summed E-state index contributed by atoms with van der Waals surface area (Å²) in [4.78, 5) is 15.6. The SMILES string of the molecule is COC1CC=CCC2CCC2C(O)N2CC3(CCCc4ccccc43)COc3ccc(cc32)C(=O)NS(=O)(=O)C1C(C)C. The number of aliphatic hydroxyl groups is 1. The fourth-order valence-electron chi connectivity index (χ4n) is 7.86. The Hall–Kier alpha value is -2.88. The molecule has 232 valence electrons. The van der Waals surface area contributed by atoms with Crippen LogP contribution < -0.4 is 14.4 Å². The number of aryl methyl sites for hydroxylation is 1. The van der Waals surface area contributed by atoms with Crippen molar-refractivity contribution in [3.8, 4) is 5.75 Å². The molecule has 1 fully saturated rings. The van der Waals surface area contributed by atoms with Gasteiger partial charge in [-0.2, -0.15) is 0 Å². The maximum absolute atomic E-state index is 13.6. The summed E-state index contributed by atoms with van der Waals surface area (Å²) in [5.74, 6) is -0.0183. The molecule has 6 unspecified atom stereocenters. The summed E-state index contributed by atoms with van der Waals surface area (Å²) >= 11 is 0. The first-order valence-electron chi connectivity index (χ1n) is 15.7. The number of ether oxygens (including phenoxy) is 2. The molecule has 0 saturated heterocycles. The number of benzene rings is 2. The monoisotopic (exact) mass is 608 g/mol. The fraction of sp³-hybridized carbons (Fsp3) is 0.559. The molecule has 2 heterocycles. The number of aliphatic hydroxyl groups excluding tert-OH is 1. The van der Waals surface area contributed by atoms with E-state index in [-0.39, 0.29) is 22.8 Å². The Labute approximate surface area is 255 Å². The van der Waals surface area contributed by atoms with Gasteiger partial charge < -0.3 is 19.5 Å². The zero-order valence-electron chi connectivity index (χ0n) is 25.4. The van der Waals surface area contributed by atoms with Crippen LogP contribution in [0, 0.1) is 17.8 Å². The molecule has 2 N–H and O–H groups in total. The van der Waals surface area contributed by atoms with Crippen molar-refractivity contribution in [3.63, 3.8) is 0 Å². The van der Waals surface area contributed by atoms with Crippen LogP contribution in [0.25, 0.3) is 0 Å². The number of allylic oxidation sites excluding steroid dienone is 1. The summed E-state index contributed by atoms with van der Waals surface area (Å²) in [5.41, 5.74) is 3.09. The summed E-state index contributed by atoms with van der Waals surface area (Å²) in [7, 11) is -2.56. The van der Waals surface area contributed by atoms with E-state index >= 15 is 0 Å². The quantitative estimate of drug-likeness (QED) is 0.465. The third-order valence-electron chi connectivity index (χ3n) is 10.3. The van der Waals surface area contributed by atoms with Crippen molar-refractivity contribution >= 4 is 21.6 Å². The second-order valence-corrected chi connectivity index (χ2v) is 15.0. The third kappa shape index (κ3) is 5.60. The molecule has 1 spiro atoms. The molecule has 2 aliphatic heterocycles. The van der Waals surface area contributed by atoms with Gasteiger partial charge in [0.1, 0.15) is 17.2 Å². The summed E-state index contributed by atoms with van der Waals surface area (Å²) in [6.45, 7) is 4.68. The molecule has 6 rings (SSSR count). The van der Waals surface area contributed by atoms with Gasteiger partial charge in [0.2, 0.25) is 10.0 Å². The van der Waals surface area contributed by atoms with E-state index in [0.29, 0.717) is 36.9 Å². The molecule has 43 heavy (non-hydrogen) atoms. The first kappa shape index (κ1) is 30.2. The molecule has 2 bridgehead atoms. The van der Waals surface area contributed by atoms with E-state index in [0.717, 1.165) is 38.5 Å². The molecular formula is C34H44N2O6S. The lowest BCUT2D eigenvalue weighted by atomic mass is 9.68. The van der Waals surface area contributed by atoms with Gasteiger partial charge in [0.05, 0.1) is 18.4 Å². The lowest BCUT2D eigenvalue weighted by molar-refractivity contribution is 0.00913. The van der Waals surface area contributed by atoms with Crippen LogP contribution in [0.15, 0.2) is 54.6 Å². The summed E-state index contributed by atoms with van der Waals surface area (Å²) in [6.07, 6.45) is 8.85. The fourth-order valence-corrected chi connectivity index (χ4v) is 9.71. The molecule has 0 radical (unpaired) electrons. The van der Waals surface area contributed by atoms with Crippen LogP contribution in [-0.4, -0.2) is 57.3 Å². The largest absolute Gasteiger partial charge is 0.490 e. The number of rotatable bonds is 2. The molecule has 6 atom stereocenters. The molecular weight excluding hydrogens is 564 g/mol. The van der Waals surface area contributed by atoms with E-state index in [4.69, 9.17) is 9.47 Å². The Kier molecular flexibility index (Phi) is 8.35. The number of carbonyl (C=O) groups is 1. The molecule has 2 aromatic rings. The van der Waals surface area contributed by atoms with Crippen LogP contribution in [0.4, 0.5) is 5.69 Å². The number of nitrogens with zero attached hydrogens (tertiary/aromatic N) is 1. The number of carbonyl (C=O) groups excluding carboxylic acids is 1. The van der Waals surface area contributed by atoms with E-state index in [1.165, 1.54) is 18.2 Å². The third-order valence-corrected chi connectivity index (χ3v) is 12.3. The number of hydrogen-bond donors (Lipinski definition) is 2. The minimum atomic E-state index is -4.08. The van der Waals surface area contributed by atoms with Crippen molar-refractivity contribution in [2.24, 2.45) is 17.8 Å². The van der Waals surface area contributed by atoms with E-state index < -0.39 is 33.5 Å². The molecule has 1 amide bonds. The van der Waals surface area contributed by atoms with Gasteiger partial charge in [0.25, 0.3) is 5.91 Å². The van der Waals surface area contributed by atoms with Gasteiger partial charge >= 0.3 is 0 Å². The molecule has 1 saturated carbocycles. The first-order chi connectivity index (χ1) is 20.6. The number of anilines is 1. The zero-order chi connectivity index (χ0) is 30.4. The number of fused-ring (bicyclic) bond motifs is 4. The maximum atomic E-state index is 13.6. The number of nitrogens with one attached hydrogen (secondary N) is 1. The maximum Gasteiger partial charge on any atom is 0.264 e. The minimum absolute atomic E-state index is 0.0684. The Morgan fingerprint density at radius 3 is 2.65 bits per heavy atom. The van der Waals surface area contributed by atoms with Gasteiger partial charge in [-0.3, -0.25) is 4.79 Å². The Morgan fingerprint density at radius 1 is 1.12 bits per heavy atom. The summed E-state index contributed by atoms with van der Waals surface area (Å²) < 4.78 is 41.8. The predicted molar refractivity (Wildman–Crippen MR) is 167 cm³/mol. The number of methoxy groups -OCH3 is 1. The molecule has 9 heteroatoms. The first-order valence-corrected chi connectivity index (χ1v) is 17.2. The van der Waals surface area contributed by atoms with Gasteiger partial charge in [-0.15, -0.1) is 0 Å². The lowest BCUT2D eigenvalue weighted by Gasteiger charge is -2.47. The van der Waals surface area contributed by atoms with Crippen LogP contribution in [0.2, 0.25) is 0 Å². The second-order valence-electron chi connectivity index (χ2n) is 13.2. The van der Waals surface area contributed by atoms with Crippen molar-refractivity contribution in [1.29, 1.82) is 0 Å². The Bertz CT molecular complexity index is 1490. The van der Waals surface area contributed by atoms with Crippen LogP contribution in [0.3, 0.4) is 0 Å². The van der Waals surface area contributed by atoms with E-state index in [9.17, 15) is 18.3 Å². The highest BCUT2D eigenvalue weighted by atomic mass is 32.2. The highest BCUT2D eigenvalue weighted by Crippen LogP contribution is 2.48. The number of hydrogen-bond acceptors (Lipinski definition) is 7. The summed E-state index contributed by atoms with van der Waals surface area (Å²) in [6, 6.07) is 13.6. The van der Waals surface area contributed by atoms with Gasteiger partial charge in [-0.1, -0.05) is 50.3 Å². The van der Waals surface area contributed by atoms with Gasteiger partial charge in [0.15, 0.2) is 0 Å². The van der Waals surface area contributed by atoms with Crippen molar-refractivity contribution in [1.82, 2.24) is 4.72 Å². The highest BCUT2D eigenvalue weighted by Gasteiger charge is 2.46. The number of sulfonamides is 1. The molecule has 4 aliphatic rings. The minimum Gasteiger partial charge on any atom is -0.490 e. The van der Waals surface area contributed by atoms with Crippen LogP contribution in [-0.2, 0) is 26.6 Å². The van der Waals surface area contributed by atoms with Crippen LogP contribution in [0.5, 0.6) is 5.75 Å². The van der Waals surface area contributed by atoms with Crippen molar-refractivity contribution in [2.45, 2.75) is 81.8 Å². The van der Waals surface area contributed by atoms with Crippen molar-refractivity contribution in [2.75, 3.05) is 25.2 Å². The van der Waals surface area contributed by atoms with E-state index in [1.807, 2.05) is 24.8 Å². The lowest BCUT2D eigenvalue weighted by Crippen LogP contribution is -2.53. The van der Waals surface area contributed by atoms with E-state index in [2.05, 4.69) is 35.1 Å². The standard InChI is InChI=1S/C34H44N2O6S/c1-22(2)31-30(41-3)13-7-5-9-23-14-16-26(23)33(38)36-20-34(18-8-11-24-10-4-6-12-27(24)34)21-42-29-17-15-25(19-28(29)36)32(37)35-43(31,39)40/h4-7,10,12,15,17,19,22-23,26,30-31,33,38H,8-9,11,13-14,16,18,20-21H2,1-3H3,(H,35,37). The smallest absolute Gasteiger partial charge is 0.264 e. The van der Waals surface area contributed by atoms with Crippen LogP contribution >= 0.6 is 0 Å². The normalized spacial score (nSPS) is 32.2.